The van der Waals surface area contributed by atoms with Crippen LogP contribution in [0.1, 0.15) is 22.8 Å². The number of carbonyl (C=O) groups excluding carboxylic acids is 1. The Hall–Kier alpha value is -3.02. The lowest BCUT2D eigenvalue weighted by Gasteiger charge is -2.37. The highest BCUT2D eigenvalue weighted by atomic mass is 16.1. The quantitative estimate of drug-likeness (QED) is 0.618. The number of benzene rings is 2. The fraction of sp³-hybridized carbons (Fsp3) is 0.364. The van der Waals surface area contributed by atoms with Gasteiger partial charge in [-0.15, -0.1) is 0 Å². The number of nitrogens with one attached hydrogen (secondary N) is 2. The first-order chi connectivity index (χ1) is 13.7. The van der Waals surface area contributed by atoms with Crippen molar-refractivity contribution in [1.29, 1.82) is 0 Å². The van der Waals surface area contributed by atoms with Crippen LogP contribution in [0.4, 0.5) is 5.69 Å². The molecule has 1 fully saturated rings. The van der Waals surface area contributed by atoms with Gasteiger partial charge >= 0.3 is 0 Å². The second kappa shape index (κ2) is 9.78. The third-order valence-corrected chi connectivity index (χ3v) is 4.89. The number of amides is 1. The highest BCUT2D eigenvalue weighted by Gasteiger charge is 2.19. The van der Waals surface area contributed by atoms with Crippen LogP contribution < -0.4 is 15.5 Å². The molecule has 0 unspecified atom stereocenters. The maximum absolute atomic E-state index is 12.0. The van der Waals surface area contributed by atoms with Crippen LogP contribution >= 0.6 is 0 Å². The van der Waals surface area contributed by atoms with E-state index in [4.69, 9.17) is 0 Å². The van der Waals surface area contributed by atoms with Gasteiger partial charge in [0, 0.05) is 57.6 Å². The van der Waals surface area contributed by atoms with Crippen molar-refractivity contribution in [2.24, 2.45) is 4.99 Å². The molecular formula is C22H29N5O. The van der Waals surface area contributed by atoms with Gasteiger partial charge in [-0.1, -0.05) is 30.3 Å². The highest BCUT2D eigenvalue weighted by molar-refractivity contribution is 5.94. The Bertz CT molecular complexity index is 798. The Morgan fingerprint density at radius 3 is 2.43 bits per heavy atom. The monoisotopic (exact) mass is 379 g/mol. The van der Waals surface area contributed by atoms with Crippen molar-refractivity contribution in [3.05, 3.63) is 65.7 Å². The summed E-state index contributed by atoms with van der Waals surface area (Å²) in [6.07, 6.45) is 0. The van der Waals surface area contributed by atoms with E-state index >= 15 is 0 Å². The first-order valence-electron chi connectivity index (χ1n) is 9.84. The van der Waals surface area contributed by atoms with E-state index in [9.17, 15) is 4.79 Å². The molecule has 1 aliphatic rings. The van der Waals surface area contributed by atoms with Crippen LogP contribution in [0.5, 0.6) is 0 Å². The zero-order valence-electron chi connectivity index (χ0n) is 16.7. The van der Waals surface area contributed by atoms with Gasteiger partial charge in [-0.25, -0.2) is 0 Å². The van der Waals surface area contributed by atoms with Crippen molar-refractivity contribution in [2.45, 2.75) is 13.5 Å². The summed E-state index contributed by atoms with van der Waals surface area (Å²) in [5.41, 5.74) is 3.02. The standard InChI is InChI=1S/C22H29N5O/c1-3-24-21(28)19-9-7-8-18(16-19)17-25-22(23-2)27-14-12-26(13-15-27)20-10-5-4-6-11-20/h4-11,16H,3,12-15,17H2,1-2H3,(H,23,25)(H,24,28). The van der Waals surface area contributed by atoms with Crippen LogP contribution in [0.2, 0.25) is 0 Å². The molecule has 28 heavy (non-hydrogen) atoms. The van der Waals surface area contributed by atoms with E-state index in [1.54, 1.807) is 0 Å². The number of para-hydroxylation sites is 1. The molecule has 1 aliphatic heterocycles. The summed E-state index contributed by atoms with van der Waals surface area (Å²) in [5.74, 6) is 0.863. The molecular weight excluding hydrogens is 350 g/mol. The lowest BCUT2D eigenvalue weighted by Crippen LogP contribution is -2.52. The number of anilines is 1. The number of nitrogens with zero attached hydrogens (tertiary/aromatic N) is 3. The van der Waals surface area contributed by atoms with Crippen molar-refractivity contribution < 1.29 is 4.79 Å². The van der Waals surface area contributed by atoms with E-state index in [0.717, 1.165) is 37.7 Å². The number of aliphatic imine (C=N–C) groups is 1. The van der Waals surface area contributed by atoms with Gasteiger partial charge in [0.2, 0.25) is 0 Å². The number of guanidine groups is 1. The van der Waals surface area contributed by atoms with Crippen LogP contribution in [-0.4, -0.2) is 56.5 Å². The van der Waals surface area contributed by atoms with Crippen molar-refractivity contribution in [3.63, 3.8) is 0 Å². The van der Waals surface area contributed by atoms with E-state index in [0.29, 0.717) is 18.7 Å². The Kier molecular flexibility index (Phi) is 6.89. The summed E-state index contributed by atoms with van der Waals surface area (Å²) in [6.45, 7) is 6.97. The highest BCUT2D eigenvalue weighted by Crippen LogP contribution is 2.15. The molecule has 0 saturated carbocycles. The third-order valence-electron chi connectivity index (χ3n) is 4.89. The Morgan fingerprint density at radius 2 is 1.75 bits per heavy atom. The molecule has 0 aromatic heterocycles. The molecule has 0 radical (unpaired) electrons. The van der Waals surface area contributed by atoms with Crippen LogP contribution in [0, 0.1) is 0 Å². The summed E-state index contributed by atoms with van der Waals surface area (Å²) < 4.78 is 0. The molecule has 6 heteroatoms. The van der Waals surface area contributed by atoms with E-state index in [1.165, 1.54) is 5.69 Å². The van der Waals surface area contributed by atoms with E-state index in [1.807, 2.05) is 44.3 Å². The van der Waals surface area contributed by atoms with Crippen LogP contribution in [-0.2, 0) is 6.54 Å². The third kappa shape index (κ3) is 5.03. The van der Waals surface area contributed by atoms with Crippen molar-refractivity contribution >= 4 is 17.6 Å². The molecule has 2 N–H and O–H groups in total. The first-order valence-corrected chi connectivity index (χ1v) is 9.84. The summed E-state index contributed by atoms with van der Waals surface area (Å²) in [5, 5.41) is 6.27. The van der Waals surface area contributed by atoms with Gasteiger partial charge in [-0.05, 0) is 36.8 Å². The minimum Gasteiger partial charge on any atom is -0.368 e. The summed E-state index contributed by atoms with van der Waals surface area (Å²) in [6, 6.07) is 18.2. The number of carbonyl (C=O) groups is 1. The topological polar surface area (TPSA) is 60.0 Å². The SMILES string of the molecule is CCNC(=O)c1cccc(CNC(=NC)N2CCN(c3ccccc3)CC2)c1. The maximum atomic E-state index is 12.0. The minimum atomic E-state index is -0.0363. The van der Waals surface area contributed by atoms with Crippen LogP contribution in [0.25, 0.3) is 0 Å². The van der Waals surface area contributed by atoms with Gasteiger partial charge in [0.05, 0.1) is 0 Å². The normalized spacial score (nSPS) is 14.7. The number of piperazine rings is 1. The largest absolute Gasteiger partial charge is 0.368 e. The zero-order valence-corrected chi connectivity index (χ0v) is 16.7. The van der Waals surface area contributed by atoms with Crippen molar-refractivity contribution in [2.75, 3.05) is 44.7 Å². The van der Waals surface area contributed by atoms with Gasteiger partial charge in [-0.2, -0.15) is 0 Å². The van der Waals surface area contributed by atoms with E-state index in [-0.39, 0.29) is 5.91 Å². The van der Waals surface area contributed by atoms with Crippen LogP contribution in [0.3, 0.4) is 0 Å². The summed E-state index contributed by atoms with van der Waals surface area (Å²) in [4.78, 5) is 21.2. The molecule has 1 amide bonds. The van der Waals surface area contributed by atoms with Gasteiger partial charge in [0.25, 0.3) is 5.91 Å². The number of hydrogen-bond donors (Lipinski definition) is 2. The number of hydrogen-bond acceptors (Lipinski definition) is 3. The molecule has 2 aromatic carbocycles. The van der Waals surface area contributed by atoms with Crippen molar-refractivity contribution in [1.82, 2.24) is 15.5 Å². The second-order valence-corrected chi connectivity index (χ2v) is 6.77. The van der Waals surface area contributed by atoms with E-state index < -0.39 is 0 Å². The first kappa shape index (κ1) is 19.7. The van der Waals surface area contributed by atoms with Gasteiger partial charge in [-0.3, -0.25) is 9.79 Å². The molecule has 0 spiro atoms. The molecule has 148 valence electrons. The molecule has 2 aromatic rings. The Labute approximate surface area is 167 Å². The average Bonchev–Trinajstić information content (AvgIpc) is 2.76. The van der Waals surface area contributed by atoms with Gasteiger partial charge < -0.3 is 20.4 Å². The van der Waals surface area contributed by atoms with Gasteiger partial charge in [0.15, 0.2) is 5.96 Å². The molecule has 6 nitrogen and oxygen atoms in total. The fourth-order valence-electron chi connectivity index (χ4n) is 3.41. The lowest BCUT2D eigenvalue weighted by atomic mass is 10.1. The minimum absolute atomic E-state index is 0.0363. The van der Waals surface area contributed by atoms with Gasteiger partial charge in [0.1, 0.15) is 0 Å². The smallest absolute Gasteiger partial charge is 0.251 e. The molecule has 1 heterocycles. The molecule has 0 aliphatic carbocycles. The fourth-order valence-corrected chi connectivity index (χ4v) is 3.41. The summed E-state index contributed by atoms with van der Waals surface area (Å²) >= 11 is 0. The Balaban J connectivity index is 1.54. The Morgan fingerprint density at radius 1 is 1.00 bits per heavy atom. The number of rotatable bonds is 5. The van der Waals surface area contributed by atoms with Crippen LogP contribution in [0.15, 0.2) is 59.6 Å². The molecule has 0 atom stereocenters. The summed E-state index contributed by atoms with van der Waals surface area (Å²) in [7, 11) is 1.82. The van der Waals surface area contributed by atoms with E-state index in [2.05, 4.69) is 49.7 Å². The lowest BCUT2D eigenvalue weighted by molar-refractivity contribution is 0.0955. The predicted octanol–water partition coefficient (Wildman–Crippen LogP) is 2.33. The van der Waals surface area contributed by atoms with Crippen molar-refractivity contribution in [3.8, 4) is 0 Å². The second-order valence-electron chi connectivity index (χ2n) is 6.77. The molecule has 1 saturated heterocycles. The predicted molar refractivity (Wildman–Crippen MR) is 115 cm³/mol. The molecule has 3 rings (SSSR count). The average molecular weight is 380 g/mol. The molecule has 0 bridgehead atoms. The zero-order chi connectivity index (χ0) is 19.8. The maximum Gasteiger partial charge on any atom is 0.251 e.